The third-order valence-corrected chi connectivity index (χ3v) is 4.97. The molecule has 1 aromatic rings. The summed E-state index contributed by atoms with van der Waals surface area (Å²) >= 11 is 0. The maximum atomic E-state index is 6.12. The maximum Gasteiger partial charge on any atom is 0.126 e. The van der Waals surface area contributed by atoms with Crippen molar-refractivity contribution < 1.29 is 9.47 Å². The molecule has 0 radical (unpaired) electrons. The van der Waals surface area contributed by atoms with E-state index in [1.807, 2.05) is 12.1 Å². The number of nitrogens with zero attached hydrogens (tertiary/aromatic N) is 1. The molecule has 22 heavy (non-hydrogen) atoms. The van der Waals surface area contributed by atoms with Crippen LogP contribution in [-0.4, -0.2) is 44.8 Å². The molecule has 2 N–H and O–H groups in total. The number of piperidine rings is 1. The molecular weight excluding hydrogens is 276 g/mol. The molecule has 0 bridgehead atoms. The zero-order valence-electron chi connectivity index (χ0n) is 14.3. The van der Waals surface area contributed by atoms with Gasteiger partial charge in [-0.1, -0.05) is 6.07 Å². The van der Waals surface area contributed by atoms with Gasteiger partial charge in [-0.2, -0.15) is 0 Å². The molecule has 1 aliphatic rings. The molecule has 1 heterocycles. The van der Waals surface area contributed by atoms with Gasteiger partial charge in [-0.05, 0) is 63.9 Å². The minimum Gasteiger partial charge on any atom is -0.497 e. The highest BCUT2D eigenvalue weighted by Crippen LogP contribution is 2.38. The van der Waals surface area contributed by atoms with E-state index < -0.39 is 0 Å². The first-order valence-corrected chi connectivity index (χ1v) is 8.26. The quantitative estimate of drug-likeness (QED) is 0.878. The van der Waals surface area contributed by atoms with Crippen LogP contribution in [0.4, 0.5) is 0 Å². The van der Waals surface area contributed by atoms with Crippen molar-refractivity contribution in [1.29, 1.82) is 0 Å². The molecule has 4 heteroatoms. The summed E-state index contributed by atoms with van der Waals surface area (Å²) in [6.07, 6.45) is 2.41. The molecule has 1 atom stereocenters. The van der Waals surface area contributed by atoms with E-state index in [0.29, 0.717) is 24.4 Å². The van der Waals surface area contributed by atoms with Crippen molar-refractivity contribution in [3.63, 3.8) is 0 Å². The fourth-order valence-corrected chi connectivity index (χ4v) is 3.54. The van der Waals surface area contributed by atoms with Gasteiger partial charge < -0.3 is 20.1 Å². The van der Waals surface area contributed by atoms with E-state index in [9.17, 15) is 0 Å². The number of methoxy groups -OCH3 is 2. The summed E-state index contributed by atoms with van der Waals surface area (Å²) in [5, 5.41) is 0. The first-order chi connectivity index (χ1) is 10.6. The van der Waals surface area contributed by atoms with Crippen LogP contribution in [0.5, 0.6) is 11.5 Å². The predicted octanol–water partition coefficient (Wildman–Crippen LogP) is 2.87. The van der Waals surface area contributed by atoms with Crippen molar-refractivity contribution in [3.05, 3.63) is 23.8 Å². The van der Waals surface area contributed by atoms with Gasteiger partial charge in [0.1, 0.15) is 11.5 Å². The van der Waals surface area contributed by atoms with Crippen molar-refractivity contribution in [2.24, 2.45) is 11.7 Å². The highest BCUT2D eigenvalue weighted by atomic mass is 16.5. The average molecular weight is 306 g/mol. The van der Waals surface area contributed by atoms with Gasteiger partial charge >= 0.3 is 0 Å². The number of hydrogen-bond acceptors (Lipinski definition) is 4. The molecule has 1 saturated heterocycles. The second kappa shape index (κ2) is 7.84. The smallest absolute Gasteiger partial charge is 0.126 e. The second-order valence-corrected chi connectivity index (χ2v) is 6.42. The lowest BCUT2D eigenvalue weighted by Gasteiger charge is -2.38. The molecule has 2 rings (SSSR count). The predicted molar refractivity (Wildman–Crippen MR) is 90.8 cm³/mol. The highest BCUT2D eigenvalue weighted by Gasteiger charge is 2.29. The molecule has 0 aromatic heterocycles. The normalized spacial score (nSPS) is 18.5. The summed E-state index contributed by atoms with van der Waals surface area (Å²) in [6, 6.07) is 6.71. The van der Waals surface area contributed by atoms with Crippen LogP contribution in [0.15, 0.2) is 18.2 Å². The van der Waals surface area contributed by atoms with Crippen LogP contribution in [-0.2, 0) is 0 Å². The molecule has 1 aromatic carbocycles. The van der Waals surface area contributed by atoms with Crippen LogP contribution in [0.25, 0.3) is 0 Å². The van der Waals surface area contributed by atoms with Gasteiger partial charge in [0.25, 0.3) is 0 Å². The standard InChI is InChI=1S/C18H30N2O2/c1-13(2)20-9-7-14(8-10-20)17(12-19)16-6-5-15(21-3)11-18(16)22-4/h5-6,11,13-14,17H,7-10,12,19H2,1-4H3. The van der Waals surface area contributed by atoms with E-state index in [2.05, 4.69) is 24.8 Å². The largest absolute Gasteiger partial charge is 0.497 e. The van der Waals surface area contributed by atoms with Crippen LogP contribution >= 0.6 is 0 Å². The second-order valence-electron chi connectivity index (χ2n) is 6.42. The van der Waals surface area contributed by atoms with E-state index in [1.165, 1.54) is 18.4 Å². The van der Waals surface area contributed by atoms with Gasteiger partial charge in [0.2, 0.25) is 0 Å². The zero-order chi connectivity index (χ0) is 16.1. The number of benzene rings is 1. The van der Waals surface area contributed by atoms with Crippen LogP contribution in [0, 0.1) is 5.92 Å². The van der Waals surface area contributed by atoms with Crippen LogP contribution in [0.2, 0.25) is 0 Å². The first kappa shape index (κ1) is 17.1. The summed E-state index contributed by atoms with van der Waals surface area (Å²) in [5.74, 6) is 2.70. The summed E-state index contributed by atoms with van der Waals surface area (Å²) in [4.78, 5) is 2.55. The van der Waals surface area contributed by atoms with E-state index in [4.69, 9.17) is 15.2 Å². The highest BCUT2D eigenvalue weighted by molar-refractivity contribution is 5.43. The Balaban J connectivity index is 2.15. The zero-order valence-corrected chi connectivity index (χ0v) is 14.3. The fraction of sp³-hybridized carbons (Fsp3) is 0.667. The molecule has 4 nitrogen and oxygen atoms in total. The fourth-order valence-electron chi connectivity index (χ4n) is 3.54. The summed E-state index contributed by atoms with van der Waals surface area (Å²) in [5.41, 5.74) is 7.34. The van der Waals surface area contributed by atoms with Crippen LogP contribution in [0.3, 0.4) is 0 Å². The lowest BCUT2D eigenvalue weighted by Crippen LogP contribution is -2.40. The third kappa shape index (κ3) is 3.73. The van der Waals surface area contributed by atoms with Crippen molar-refractivity contribution in [2.45, 2.75) is 38.6 Å². The Morgan fingerprint density at radius 1 is 1.18 bits per heavy atom. The Labute approximate surface area is 134 Å². The molecule has 124 valence electrons. The Morgan fingerprint density at radius 2 is 1.86 bits per heavy atom. The Hall–Kier alpha value is -1.26. The Morgan fingerprint density at radius 3 is 2.36 bits per heavy atom. The molecule has 0 saturated carbocycles. The molecule has 1 fully saturated rings. The molecule has 0 aliphatic carbocycles. The van der Waals surface area contributed by atoms with E-state index >= 15 is 0 Å². The van der Waals surface area contributed by atoms with Gasteiger partial charge in [-0.25, -0.2) is 0 Å². The number of nitrogens with two attached hydrogens (primary N) is 1. The molecule has 1 aliphatic heterocycles. The number of hydrogen-bond donors (Lipinski definition) is 1. The summed E-state index contributed by atoms with van der Waals surface area (Å²) in [6.45, 7) is 7.53. The monoisotopic (exact) mass is 306 g/mol. The topological polar surface area (TPSA) is 47.7 Å². The minimum absolute atomic E-state index is 0.357. The summed E-state index contributed by atoms with van der Waals surface area (Å²) in [7, 11) is 3.39. The van der Waals surface area contributed by atoms with Crippen molar-refractivity contribution in [1.82, 2.24) is 4.90 Å². The Kier molecular flexibility index (Phi) is 6.09. The van der Waals surface area contributed by atoms with Gasteiger partial charge in [-0.3, -0.25) is 0 Å². The molecule has 1 unspecified atom stereocenters. The summed E-state index contributed by atoms with van der Waals surface area (Å²) < 4.78 is 10.9. The van der Waals surface area contributed by atoms with Crippen LogP contribution in [0.1, 0.15) is 38.2 Å². The average Bonchev–Trinajstić information content (AvgIpc) is 2.56. The maximum absolute atomic E-state index is 6.12. The van der Waals surface area contributed by atoms with Crippen molar-refractivity contribution >= 4 is 0 Å². The van der Waals surface area contributed by atoms with E-state index in [-0.39, 0.29) is 0 Å². The SMILES string of the molecule is COc1ccc(C(CN)C2CCN(C(C)C)CC2)c(OC)c1. The number of ether oxygens (including phenoxy) is 2. The van der Waals surface area contributed by atoms with Gasteiger partial charge in [0.15, 0.2) is 0 Å². The van der Waals surface area contributed by atoms with E-state index in [0.717, 1.165) is 24.6 Å². The lowest BCUT2D eigenvalue weighted by molar-refractivity contribution is 0.137. The van der Waals surface area contributed by atoms with E-state index in [1.54, 1.807) is 14.2 Å². The van der Waals surface area contributed by atoms with Crippen molar-refractivity contribution in [3.8, 4) is 11.5 Å². The first-order valence-electron chi connectivity index (χ1n) is 8.26. The van der Waals surface area contributed by atoms with Crippen molar-refractivity contribution in [2.75, 3.05) is 33.9 Å². The number of rotatable bonds is 6. The molecule has 0 spiro atoms. The third-order valence-electron chi connectivity index (χ3n) is 4.97. The molecular formula is C18H30N2O2. The van der Waals surface area contributed by atoms with Gasteiger partial charge in [0, 0.05) is 18.0 Å². The van der Waals surface area contributed by atoms with Gasteiger partial charge in [-0.15, -0.1) is 0 Å². The Bertz CT molecular complexity index is 468. The number of likely N-dealkylation sites (tertiary alicyclic amines) is 1. The lowest BCUT2D eigenvalue weighted by atomic mass is 9.79. The van der Waals surface area contributed by atoms with Gasteiger partial charge in [0.05, 0.1) is 14.2 Å². The molecule has 0 amide bonds. The van der Waals surface area contributed by atoms with Crippen LogP contribution < -0.4 is 15.2 Å². The minimum atomic E-state index is 0.357.